The van der Waals surface area contributed by atoms with Crippen LogP contribution in [0.15, 0.2) is 24.3 Å². The Labute approximate surface area is 147 Å². The number of para-hydroxylation sites is 1. The first-order valence-electron chi connectivity index (χ1n) is 8.84. The molecule has 132 valence electrons. The number of nitrogens with zero attached hydrogens (tertiary/aromatic N) is 2. The predicted octanol–water partition coefficient (Wildman–Crippen LogP) is 1.79. The van der Waals surface area contributed by atoms with Crippen molar-refractivity contribution < 1.29 is 14.4 Å². The number of benzene rings is 1. The lowest BCUT2D eigenvalue weighted by Gasteiger charge is -2.56. The maximum Gasteiger partial charge on any atom is 0.330 e. The van der Waals surface area contributed by atoms with E-state index in [0.29, 0.717) is 12.3 Å². The fourth-order valence-corrected chi connectivity index (χ4v) is 5.14. The van der Waals surface area contributed by atoms with Crippen LogP contribution in [0.2, 0.25) is 0 Å². The van der Waals surface area contributed by atoms with Gasteiger partial charge in [0.05, 0.1) is 6.04 Å². The Bertz CT molecular complexity index is 777. The van der Waals surface area contributed by atoms with Gasteiger partial charge < -0.3 is 4.90 Å². The lowest BCUT2D eigenvalue weighted by atomic mass is 9.62. The van der Waals surface area contributed by atoms with E-state index in [1.807, 2.05) is 18.2 Å². The Balaban J connectivity index is 1.92. The van der Waals surface area contributed by atoms with Crippen LogP contribution < -0.4 is 10.2 Å². The smallest absolute Gasteiger partial charge is 0.330 e. The van der Waals surface area contributed by atoms with E-state index < -0.39 is 17.4 Å². The number of fused-ring (bicyclic) bond motifs is 4. The second kappa shape index (κ2) is 5.31. The van der Waals surface area contributed by atoms with Gasteiger partial charge in [0.2, 0.25) is 11.8 Å². The topological polar surface area (TPSA) is 69.7 Å². The summed E-state index contributed by atoms with van der Waals surface area (Å²) >= 11 is 0. The minimum atomic E-state index is -1.24. The molecule has 2 saturated heterocycles. The highest BCUT2D eigenvalue weighted by Gasteiger charge is 2.63. The molecule has 2 fully saturated rings. The van der Waals surface area contributed by atoms with Crippen molar-refractivity contribution in [2.75, 3.05) is 18.5 Å². The van der Waals surface area contributed by atoms with Crippen LogP contribution in [0.25, 0.3) is 0 Å². The molecule has 3 aliphatic heterocycles. The highest BCUT2D eigenvalue weighted by atomic mass is 16.2. The Morgan fingerprint density at radius 1 is 1.16 bits per heavy atom. The number of urea groups is 1. The molecule has 0 bridgehead atoms. The van der Waals surface area contributed by atoms with E-state index in [2.05, 4.69) is 30.1 Å². The average Bonchev–Trinajstić information content (AvgIpc) is 2.57. The van der Waals surface area contributed by atoms with E-state index in [0.717, 1.165) is 29.1 Å². The van der Waals surface area contributed by atoms with Crippen molar-refractivity contribution in [1.29, 1.82) is 0 Å². The van der Waals surface area contributed by atoms with Crippen LogP contribution in [0.3, 0.4) is 0 Å². The zero-order valence-electron chi connectivity index (χ0n) is 14.8. The summed E-state index contributed by atoms with van der Waals surface area (Å²) in [6, 6.07) is 7.11. The van der Waals surface area contributed by atoms with E-state index in [1.54, 1.807) is 0 Å². The van der Waals surface area contributed by atoms with Crippen LogP contribution in [-0.4, -0.2) is 42.4 Å². The molecule has 25 heavy (non-hydrogen) atoms. The van der Waals surface area contributed by atoms with Crippen molar-refractivity contribution in [1.82, 2.24) is 10.2 Å². The summed E-state index contributed by atoms with van der Waals surface area (Å²) in [7, 11) is 1.45. The molecule has 4 rings (SSSR count). The SMILES string of the molecule is CC1CC(C)C2N(C1)c1ccccc1CC21C(=O)NC(=O)N(C)C1=O. The molecule has 0 aliphatic carbocycles. The number of hydrogen-bond donors (Lipinski definition) is 1. The van der Waals surface area contributed by atoms with Crippen molar-refractivity contribution in [3.8, 4) is 0 Å². The Morgan fingerprint density at radius 2 is 1.88 bits per heavy atom. The van der Waals surface area contributed by atoms with Crippen molar-refractivity contribution in [2.45, 2.75) is 32.7 Å². The summed E-state index contributed by atoms with van der Waals surface area (Å²) in [5.74, 6) is -0.178. The van der Waals surface area contributed by atoms with Crippen LogP contribution in [0.5, 0.6) is 0 Å². The summed E-state index contributed by atoms with van der Waals surface area (Å²) in [4.78, 5) is 41.5. The maximum absolute atomic E-state index is 13.2. The Kier molecular flexibility index (Phi) is 3.42. The number of barbiturate groups is 1. The number of hydrogen-bond acceptors (Lipinski definition) is 4. The molecule has 3 heterocycles. The number of carbonyl (C=O) groups is 3. The van der Waals surface area contributed by atoms with E-state index in [1.165, 1.54) is 7.05 Å². The molecule has 4 atom stereocenters. The number of amides is 4. The van der Waals surface area contributed by atoms with Crippen LogP contribution in [0, 0.1) is 17.3 Å². The van der Waals surface area contributed by atoms with Gasteiger partial charge in [-0.05, 0) is 36.3 Å². The van der Waals surface area contributed by atoms with Crippen LogP contribution in [0.4, 0.5) is 10.5 Å². The number of nitrogens with one attached hydrogen (secondary N) is 1. The number of anilines is 1. The second-order valence-electron chi connectivity index (χ2n) is 7.82. The van der Waals surface area contributed by atoms with Gasteiger partial charge in [-0.15, -0.1) is 0 Å². The van der Waals surface area contributed by atoms with Crippen LogP contribution in [-0.2, 0) is 16.0 Å². The first-order chi connectivity index (χ1) is 11.9. The third kappa shape index (κ3) is 2.06. The number of piperidine rings is 1. The number of rotatable bonds is 0. The molecule has 3 aliphatic rings. The summed E-state index contributed by atoms with van der Waals surface area (Å²) in [6.07, 6.45) is 1.30. The molecule has 4 unspecified atom stereocenters. The maximum atomic E-state index is 13.2. The van der Waals surface area contributed by atoms with Crippen molar-refractivity contribution in [2.24, 2.45) is 17.3 Å². The lowest BCUT2D eigenvalue weighted by molar-refractivity contribution is -0.154. The van der Waals surface area contributed by atoms with Gasteiger partial charge in [-0.1, -0.05) is 32.0 Å². The highest BCUT2D eigenvalue weighted by Crippen LogP contribution is 2.49. The number of carbonyl (C=O) groups excluding carboxylic acids is 3. The lowest BCUT2D eigenvalue weighted by Crippen LogP contribution is -2.73. The van der Waals surface area contributed by atoms with E-state index in [9.17, 15) is 14.4 Å². The van der Waals surface area contributed by atoms with Gasteiger partial charge in [0.1, 0.15) is 0 Å². The Hall–Kier alpha value is -2.37. The zero-order valence-corrected chi connectivity index (χ0v) is 14.8. The van der Waals surface area contributed by atoms with E-state index >= 15 is 0 Å². The minimum Gasteiger partial charge on any atom is -0.366 e. The quantitative estimate of drug-likeness (QED) is 0.731. The summed E-state index contributed by atoms with van der Waals surface area (Å²) < 4.78 is 0. The van der Waals surface area contributed by atoms with E-state index in [-0.39, 0.29) is 17.9 Å². The third-order valence-corrected chi connectivity index (χ3v) is 6.05. The zero-order chi connectivity index (χ0) is 17.9. The van der Waals surface area contributed by atoms with Crippen molar-refractivity contribution >= 4 is 23.5 Å². The van der Waals surface area contributed by atoms with Gasteiger partial charge in [-0.2, -0.15) is 0 Å². The van der Waals surface area contributed by atoms with Gasteiger partial charge >= 0.3 is 6.03 Å². The molecule has 1 aromatic carbocycles. The number of imide groups is 2. The molecule has 1 aromatic rings. The van der Waals surface area contributed by atoms with Crippen LogP contribution >= 0.6 is 0 Å². The molecule has 1 N–H and O–H groups in total. The molecule has 6 heteroatoms. The first-order valence-corrected chi connectivity index (χ1v) is 8.84. The van der Waals surface area contributed by atoms with Gasteiger partial charge in [0, 0.05) is 19.3 Å². The minimum absolute atomic E-state index is 0.174. The molecule has 0 aromatic heterocycles. The highest BCUT2D eigenvalue weighted by molar-refractivity contribution is 6.20. The fourth-order valence-electron chi connectivity index (χ4n) is 5.14. The summed E-state index contributed by atoms with van der Waals surface area (Å²) in [5.41, 5.74) is 0.860. The van der Waals surface area contributed by atoms with Crippen LogP contribution in [0.1, 0.15) is 25.8 Å². The van der Waals surface area contributed by atoms with Gasteiger partial charge in [0.15, 0.2) is 5.41 Å². The standard InChI is InChI=1S/C19H23N3O3/c1-11-8-12(2)15-19(16(23)20-18(25)21(3)17(19)24)9-13-6-4-5-7-14(13)22(15)10-11/h4-7,11-12,15H,8-10H2,1-3H3,(H,20,23,25). The fraction of sp³-hybridized carbons (Fsp3) is 0.526. The predicted molar refractivity (Wildman–Crippen MR) is 93.0 cm³/mol. The van der Waals surface area contributed by atoms with Gasteiger partial charge in [-0.3, -0.25) is 19.8 Å². The normalized spacial score (nSPS) is 34.7. The van der Waals surface area contributed by atoms with Crippen molar-refractivity contribution in [3.05, 3.63) is 29.8 Å². The van der Waals surface area contributed by atoms with Gasteiger partial charge in [-0.25, -0.2) is 4.79 Å². The molecule has 6 nitrogen and oxygen atoms in total. The molecule has 1 spiro atoms. The summed E-state index contributed by atoms with van der Waals surface area (Å²) in [6.45, 7) is 5.13. The molecule has 0 saturated carbocycles. The third-order valence-electron chi connectivity index (χ3n) is 6.05. The Morgan fingerprint density at radius 3 is 2.64 bits per heavy atom. The molecule has 4 amide bonds. The second-order valence-corrected chi connectivity index (χ2v) is 7.82. The summed E-state index contributed by atoms with van der Waals surface area (Å²) in [5, 5.41) is 2.42. The molecular formula is C19H23N3O3. The van der Waals surface area contributed by atoms with Gasteiger partial charge in [0.25, 0.3) is 0 Å². The van der Waals surface area contributed by atoms with E-state index in [4.69, 9.17) is 0 Å². The molecule has 0 radical (unpaired) electrons. The average molecular weight is 341 g/mol. The molecular weight excluding hydrogens is 318 g/mol. The first kappa shape index (κ1) is 16.1. The largest absolute Gasteiger partial charge is 0.366 e. The monoisotopic (exact) mass is 341 g/mol. The van der Waals surface area contributed by atoms with Crippen molar-refractivity contribution in [3.63, 3.8) is 0 Å².